The number of Topliss-reactive ketones (excluding diaryl/α,β-unsaturated/α-hetero) is 1. The molecule has 37 heavy (non-hydrogen) atoms. The Morgan fingerprint density at radius 3 is 2.70 bits per heavy atom. The molecule has 6 atom stereocenters. The van der Waals surface area contributed by atoms with Crippen molar-refractivity contribution in [3.63, 3.8) is 0 Å². The van der Waals surface area contributed by atoms with Gasteiger partial charge in [-0.15, -0.1) is 0 Å². The Labute approximate surface area is 220 Å². The molecule has 0 aromatic carbocycles. The minimum absolute atomic E-state index is 0.0149. The number of fused-ring (bicyclic) bond motifs is 5. The van der Waals surface area contributed by atoms with E-state index in [2.05, 4.69) is 47.7 Å². The summed E-state index contributed by atoms with van der Waals surface area (Å²) in [5, 5.41) is 12.3. The highest BCUT2D eigenvalue weighted by Crippen LogP contribution is 2.66. The summed E-state index contributed by atoms with van der Waals surface area (Å²) >= 11 is 0. The summed E-state index contributed by atoms with van der Waals surface area (Å²) in [4.78, 5) is 34.9. The third kappa shape index (κ3) is 3.63. The van der Waals surface area contributed by atoms with E-state index in [4.69, 9.17) is 0 Å². The highest BCUT2D eigenvalue weighted by molar-refractivity contribution is 6.01. The number of rotatable bonds is 4. The smallest absolute Gasteiger partial charge is 0.179 e. The van der Waals surface area contributed by atoms with Crippen molar-refractivity contribution in [2.24, 2.45) is 28.6 Å². The topological polar surface area (TPSA) is 73.7 Å². The lowest BCUT2D eigenvalue weighted by atomic mass is 9.51. The fraction of sp³-hybridized carbons (Fsp3) is 0.581. The Morgan fingerprint density at radius 2 is 1.97 bits per heavy atom. The molecule has 0 bridgehead atoms. The van der Waals surface area contributed by atoms with Crippen LogP contribution in [0.15, 0.2) is 59.8 Å². The Morgan fingerprint density at radius 1 is 1.19 bits per heavy atom. The Kier molecular flexibility index (Phi) is 5.85. The molecule has 2 heterocycles. The maximum Gasteiger partial charge on any atom is 0.179 e. The van der Waals surface area contributed by atoms with Crippen LogP contribution in [0.4, 0.5) is 5.82 Å². The van der Waals surface area contributed by atoms with Gasteiger partial charge in [0.15, 0.2) is 11.6 Å². The highest BCUT2D eigenvalue weighted by atomic mass is 16.3. The summed E-state index contributed by atoms with van der Waals surface area (Å²) in [6.45, 7) is 10.0. The zero-order valence-corrected chi connectivity index (χ0v) is 22.3. The van der Waals surface area contributed by atoms with E-state index in [1.807, 2.05) is 30.5 Å². The van der Waals surface area contributed by atoms with E-state index in [1.165, 1.54) is 11.1 Å². The number of aromatic nitrogens is 1. The summed E-state index contributed by atoms with van der Waals surface area (Å²) in [5.41, 5.74) is 0.602. The van der Waals surface area contributed by atoms with E-state index in [9.17, 15) is 14.7 Å². The van der Waals surface area contributed by atoms with Crippen LogP contribution in [0.2, 0.25) is 0 Å². The first kappa shape index (κ1) is 24.7. The second-order valence-electron chi connectivity index (χ2n) is 12.4. The summed E-state index contributed by atoms with van der Waals surface area (Å²) < 4.78 is 0. The molecule has 3 fully saturated rings. The van der Waals surface area contributed by atoms with Crippen LogP contribution in [0.1, 0.15) is 46.5 Å². The van der Waals surface area contributed by atoms with Crippen molar-refractivity contribution in [3.05, 3.63) is 59.8 Å². The van der Waals surface area contributed by atoms with Gasteiger partial charge in [-0.3, -0.25) is 14.5 Å². The summed E-state index contributed by atoms with van der Waals surface area (Å²) in [6.07, 6.45) is 13.2. The first-order chi connectivity index (χ1) is 17.7. The van der Waals surface area contributed by atoms with Crippen LogP contribution >= 0.6 is 0 Å². The first-order valence-electron chi connectivity index (χ1n) is 14.0. The minimum Gasteiger partial charge on any atom is -0.381 e. The zero-order chi connectivity index (χ0) is 26.0. The number of ketones is 2. The van der Waals surface area contributed by atoms with Gasteiger partial charge in [0, 0.05) is 43.2 Å². The summed E-state index contributed by atoms with van der Waals surface area (Å²) in [6, 6.07) is 5.96. The van der Waals surface area contributed by atoms with Gasteiger partial charge in [-0.1, -0.05) is 43.2 Å². The fourth-order valence-electron chi connectivity index (χ4n) is 8.46. The zero-order valence-electron chi connectivity index (χ0n) is 22.3. The average molecular weight is 502 g/mol. The van der Waals surface area contributed by atoms with E-state index < -0.39 is 11.0 Å². The number of piperazine rings is 1. The standard InChI is InChI=1S/C31H39N3O3/c1-21-18-26-24-8-7-22-19-23(35)9-11-29(22,2)25(24)10-12-30(26,3)31(21,37)27(36)20-33-14-16-34(17-15-33)28-6-4-5-13-32-28/h4-6,9-11,13,19,21,24,26,37H,7-8,12,14-18,20H2,1-3H3/t21?,24-,26+,29+,30+,31+/m1/s1. The average Bonchev–Trinajstić information content (AvgIpc) is 3.11. The van der Waals surface area contributed by atoms with Gasteiger partial charge in [-0.25, -0.2) is 4.98 Å². The first-order valence-corrected chi connectivity index (χ1v) is 14.0. The monoisotopic (exact) mass is 501 g/mol. The predicted molar refractivity (Wildman–Crippen MR) is 144 cm³/mol. The number of allylic oxidation sites excluding steroid dienone is 6. The van der Waals surface area contributed by atoms with Crippen molar-refractivity contribution < 1.29 is 14.7 Å². The third-order valence-corrected chi connectivity index (χ3v) is 10.7. The van der Waals surface area contributed by atoms with Gasteiger partial charge >= 0.3 is 0 Å². The quantitative estimate of drug-likeness (QED) is 0.630. The van der Waals surface area contributed by atoms with Crippen molar-refractivity contribution in [2.45, 2.75) is 52.1 Å². The molecule has 0 amide bonds. The number of nitrogens with zero attached hydrogens (tertiary/aromatic N) is 3. The molecule has 6 rings (SSSR count). The third-order valence-electron chi connectivity index (χ3n) is 10.7. The van der Waals surface area contributed by atoms with Gasteiger partial charge in [0.2, 0.25) is 0 Å². The SMILES string of the molecule is CC1C[C@H]2[C@@H]3CCC4=CC(=O)C=C[C@]4(C)C3=CC[C@]2(C)[C@@]1(O)C(=O)CN1CCN(c2ccccn2)CC1. The molecule has 5 aliphatic rings. The van der Waals surface area contributed by atoms with Crippen LogP contribution in [0.25, 0.3) is 0 Å². The molecule has 1 N–H and O–H groups in total. The van der Waals surface area contributed by atoms with E-state index in [1.54, 1.807) is 6.08 Å². The van der Waals surface area contributed by atoms with Crippen LogP contribution in [0, 0.1) is 28.6 Å². The Bertz CT molecular complexity index is 1200. The maximum atomic E-state index is 13.9. The lowest BCUT2D eigenvalue weighted by Crippen LogP contribution is -2.60. The molecule has 1 saturated heterocycles. The number of anilines is 1. The molecular formula is C31H39N3O3. The van der Waals surface area contributed by atoms with Crippen LogP contribution < -0.4 is 4.90 Å². The number of carbonyl (C=O) groups excluding carboxylic acids is 2. The lowest BCUT2D eigenvalue weighted by Gasteiger charge is -2.54. The molecule has 0 spiro atoms. The second kappa shape index (κ2) is 8.74. The van der Waals surface area contributed by atoms with Crippen LogP contribution in [-0.2, 0) is 9.59 Å². The van der Waals surface area contributed by atoms with Crippen LogP contribution in [-0.4, -0.2) is 64.9 Å². The molecule has 0 radical (unpaired) electrons. The van der Waals surface area contributed by atoms with Gasteiger partial charge in [0.05, 0.1) is 6.54 Å². The van der Waals surface area contributed by atoms with Crippen molar-refractivity contribution >= 4 is 17.4 Å². The van der Waals surface area contributed by atoms with Gasteiger partial charge in [-0.2, -0.15) is 0 Å². The number of carbonyl (C=O) groups is 2. The molecule has 6 heteroatoms. The van der Waals surface area contributed by atoms with Crippen molar-refractivity contribution in [2.75, 3.05) is 37.6 Å². The normalized spacial score (nSPS) is 39.4. The predicted octanol–water partition coefficient (Wildman–Crippen LogP) is 3.98. The van der Waals surface area contributed by atoms with Gasteiger partial charge in [-0.05, 0) is 74.6 Å². The number of aliphatic hydroxyl groups is 1. The molecule has 1 aliphatic heterocycles. The minimum atomic E-state index is -1.33. The molecule has 4 aliphatic carbocycles. The van der Waals surface area contributed by atoms with E-state index in [0.29, 0.717) is 18.9 Å². The molecule has 1 aromatic rings. The molecule has 196 valence electrons. The number of hydrogen-bond acceptors (Lipinski definition) is 6. The lowest BCUT2D eigenvalue weighted by molar-refractivity contribution is -0.159. The van der Waals surface area contributed by atoms with Crippen LogP contribution in [0.5, 0.6) is 0 Å². The molecule has 6 nitrogen and oxygen atoms in total. The Balaban J connectivity index is 1.20. The van der Waals surface area contributed by atoms with Gasteiger partial charge < -0.3 is 10.0 Å². The Hall–Kier alpha value is -2.57. The van der Waals surface area contributed by atoms with Gasteiger partial charge in [0.25, 0.3) is 0 Å². The maximum absolute atomic E-state index is 13.9. The number of pyridine rings is 1. The second-order valence-corrected chi connectivity index (χ2v) is 12.4. The van der Waals surface area contributed by atoms with Crippen molar-refractivity contribution in [1.29, 1.82) is 0 Å². The van der Waals surface area contributed by atoms with E-state index >= 15 is 0 Å². The summed E-state index contributed by atoms with van der Waals surface area (Å²) in [7, 11) is 0. The van der Waals surface area contributed by atoms with Crippen molar-refractivity contribution in [1.82, 2.24) is 9.88 Å². The molecular weight excluding hydrogens is 462 g/mol. The molecule has 1 unspecified atom stereocenters. The van der Waals surface area contributed by atoms with Crippen LogP contribution in [0.3, 0.4) is 0 Å². The van der Waals surface area contributed by atoms with E-state index in [-0.39, 0.29) is 28.8 Å². The highest BCUT2D eigenvalue weighted by Gasteiger charge is 2.67. The molecule has 1 aromatic heterocycles. The molecule has 2 saturated carbocycles. The largest absolute Gasteiger partial charge is 0.381 e. The number of hydrogen-bond donors (Lipinski definition) is 1. The van der Waals surface area contributed by atoms with E-state index in [0.717, 1.165) is 51.3 Å². The van der Waals surface area contributed by atoms with Crippen molar-refractivity contribution in [3.8, 4) is 0 Å². The summed E-state index contributed by atoms with van der Waals surface area (Å²) in [5.74, 6) is 1.58. The van der Waals surface area contributed by atoms with Gasteiger partial charge in [0.1, 0.15) is 11.4 Å². The fourth-order valence-corrected chi connectivity index (χ4v) is 8.46.